The highest BCUT2D eigenvalue weighted by Crippen LogP contribution is 2.39. The van der Waals surface area contributed by atoms with Gasteiger partial charge in [-0.2, -0.15) is 0 Å². The highest BCUT2D eigenvalue weighted by Gasteiger charge is 2.25. The zero-order valence-corrected chi connectivity index (χ0v) is 12.9. The maximum Gasteiger partial charge on any atom is 0.309 e. The Labute approximate surface area is 126 Å². The van der Waals surface area contributed by atoms with Crippen LogP contribution < -0.4 is 0 Å². The summed E-state index contributed by atoms with van der Waals surface area (Å²) in [5.41, 5.74) is 1.79. The van der Waals surface area contributed by atoms with E-state index >= 15 is 0 Å². The predicted molar refractivity (Wildman–Crippen MR) is 81.7 cm³/mol. The average Bonchev–Trinajstić information content (AvgIpc) is 2.32. The van der Waals surface area contributed by atoms with Crippen LogP contribution in [0.15, 0.2) is 12.1 Å². The molecule has 0 spiro atoms. The molecule has 0 atom stereocenters. The second-order valence-electron chi connectivity index (χ2n) is 5.16. The first kappa shape index (κ1) is 15.0. The Morgan fingerprint density at radius 1 is 1.35 bits per heavy atom. The summed E-state index contributed by atoms with van der Waals surface area (Å²) in [5, 5.41) is 12.2. The molecule has 0 N–H and O–H groups in total. The van der Waals surface area contributed by atoms with E-state index in [9.17, 15) is 10.1 Å². The number of rotatable bonds is 3. The third-order valence-corrected chi connectivity index (χ3v) is 3.74. The molecule has 106 valence electrons. The van der Waals surface area contributed by atoms with Gasteiger partial charge in [0.25, 0.3) is 0 Å². The fourth-order valence-corrected chi connectivity index (χ4v) is 2.84. The van der Waals surface area contributed by atoms with Gasteiger partial charge < -0.3 is 0 Å². The fourth-order valence-electron chi connectivity index (χ4n) is 2.17. The quantitative estimate of drug-likeness (QED) is 0.594. The molecule has 0 aliphatic heterocycles. The second-order valence-corrected chi connectivity index (χ2v) is 5.95. The first-order valence-electron chi connectivity index (χ1n) is 6.24. The van der Waals surface area contributed by atoms with Crippen molar-refractivity contribution in [2.45, 2.75) is 27.2 Å². The summed E-state index contributed by atoms with van der Waals surface area (Å²) in [6.45, 7) is 5.84. The van der Waals surface area contributed by atoms with Gasteiger partial charge >= 0.3 is 5.69 Å². The van der Waals surface area contributed by atoms with Crippen LogP contribution in [0.1, 0.15) is 25.1 Å². The van der Waals surface area contributed by atoms with Crippen molar-refractivity contribution in [2.75, 3.05) is 0 Å². The van der Waals surface area contributed by atoms with E-state index in [4.69, 9.17) is 23.2 Å². The Balaban J connectivity index is 2.89. The SMILES string of the molecule is Cc1ccc(Cl)c2c(Cl)c([N+](=O)[O-])c(CC(C)C)nc12. The van der Waals surface area contributed by atoms with E-state index in [1.807, 2.05) is 26.8 Å². The summed E-state index contributed by atoms with van der Waals surface area (Å²) in [5.74, 6) is 0.245. The number of nitro groups is 1. The summed E-state index contributed by atoms with van der Waals surface area (Å²) >= 11 is 12.4. The Bertz CT molecular complexity index is 699. The molecule has 0 radical (unpaired) electrons. The van der Waals surface area contributed by atoms with Gasteiger partial charge in [0.1, 0.15) is 10.7 Å². The minimum atomic E-state index is -0.481. The van der Waals surface area contributed by atoms with E-state index in [0.717, 1.165) is 5.56 Å². The summed E-state index contributed by atoms with van der Waals surface area (Å²) in [6.07, 6.45) is 0.498. The highest BCUT2D eigenvalue weighted by molar-refractivity contribution is 6.43. The second kappa shape index (κ2) is 5.54. The van der Waals surface area contributed by atoms with Gasteiger partial charge in [-0.3, -0.25) is 10.1 Å². The van der Waals surface area contributed by atoms with Crippen LogP contribution in [0.3, 0.4) is 0 Å². The lowest BCUT2D eigenvalue weighted by Gasteiger charge is -2.11. The lowest BCUT2D eigenvalue weighted by molar-refractivity contribution is -0.385. The van der Waals surface area contributed by atoms with Crippen molar-refractivity contribution < 1.29 is 4.92 Å². The van der Waals surface area contributed by atoms with Crippen LogP contribution in [0.5, 0.6) is 0 Å². The number of benzene rings is 1. The van der Waals surface area contributed by atoms with Crippen LogP contribution in [0.25, 0.3) is 10.9 Å². The predicted octanol–water partition coefficient (Wildman–Crippen LogP) is 4.96. The summed E-state index contributed by atoms with van der Waals surface area (Å²) in [4.78, 5) is 15.3. The minimum Gasteiger partial charge on any atom is -0.258 e. The van der Waals surface area contributed by atoms with Gasteiger partial charge in [0.05, 0.1) is 15.5 Å². The van der Waals surface area contributed by atoms with Gasteiger partial charge in [-0.15, -0.1) is 0 Å². The summed E-state index contributed by atoms with van der Waals surface area (Å²) in [7, 11) is 0. The monoisotopic (exact) mass is 312 g/mol. The molecule has 0 amide bonds. The number of hydrogen-bond acceptors (Lipinski definition) is 3. The normalized spacial score (nSPS) is 11.3. The van der Waals surface area contributed by atoms with Crippen molar-refractivity contribution in [3.63, 3.8) is 0 Å². The third kappa shape index (κ3) is 2.58. The van der Waals surface area contributed by atoms with Crippen molar-refractivity contribution in [1.29, 1.82) is 0 Å². The van der Waals surface area contributed by atoms with Crippen LogP contribution in [-0.2, 0) is 6.42 Å². The van der Waals surface area contributed by atoms with Gasteiger partial charge in [-0.1, -0.05) is 43.1 Å². The topological polar surface area (TPSA) is 56.0 Å². The molecule has 2 aromatic rings. The van der Waals surface area contributed by atoms with Crippen molar-refractivity contribution in [3.8, 4) is 0 Å². The molecule has 1 heterocycles. The Morgan fingerprint density at radius 2 is 2.00 bits per heavy atom. The largest absolute Gasteiger partial charge is 0.309 e. The van der Waals surface area contributed by atoms with Crippen LogP contribution in [0, 0.1) is 23.0 Å². The number of aromatic nitrogens is 1. The first-order chi connectivity index (χ1) is 9.32. The number of hydrogen-bond donors (Lipinski definition) is 0. The number of halogens is 2. The van der Waals surface area contributed by atoms with E-state index in [1.54, 1.807) is 6.07 Å². The number of nitrogens with zero attached hydrogens (tertiary/aromatic N) is 2. The summed E-state index contributed by atoms with van der Waals surface area (Å²) < 4.78 is 0. The molecule has 4 nitrogen and oxygen atoms in total. The summed E-state index contributed by atoms with van der Waals surface area (Å²) in [6, 6.07) is 3.51. The van der Waals surface area contributed by atoms with Crippen LogP contribution in [-0.4, -0.2) is 9.91 Å². The molecule has 0 aliphatic rings. The van der Waals surface area contributed by atoms with Gasteiger partial charge in [0.2, 0.25) is 0 Å². The zero-order valence-electron chi connectivity index (χ0n) is 11.4. The van der Waals surface area contributed by atoms with E-state index in [1.165, 1.54) is 0 Å². The fraction of sp³-hybridized carbons (Fsp3) is 0.357. The molecular weight excluding hydrogens is 299 g/mol. The lowest BCUT2D eigenvalue weighted by atomic mass is 10.0. The van der Waals surface area contributed by atoms with E-state index in [0.29, 0.717) is 28.0 Å². The molecule has 0 fully saturated rings. The van der Waals surface area contributed by atoms with Crippen LogP contribution in [0.4, 0.5) is 5.69 Å². The third-order valence-electron chi connectivity index (χ3n) is 3.06. The Hall–Kier alpha value is -1.39. The Kier molecular flexibility index (Phi) is 4.16. The van der Waals surface area contributed by atoms with Gasteiger partial charge in [0, 0.05) is 5.39 Å². The molecule has 6 heteroatoms. The van der Waals surface area contributed by atoms with Gasteiger partial charge in [0.15, 0.2) is 0 Å². The number of aryl methyl sites for hydroxylation is 1. The van der Waals surface area contributed by atoms with Crippen LogP contribution in [0.2, 0.25) is 10.0 Å². The Morgan fingerprint density at radius 3 is 2.55 bits per heavy atom. The molecule has 1 aromatic heterocycles. The van der Waals surface area contributed by atoms with Crippen molar-refractivity contribution in [1.82, 2.24) is 4.98 Å². The van der Waals surface area contributed by atoms with Crippen molar-refractivity contribution >= 4 is 39.8 Å². The maximum absolute atomic E-state index is 11.3. The van der Waals surface area contributed by atoms with Gasteiger partial charge in [-0.05, 0) is 30.9 Å². The first-order valence-corrected chi connectivity index (χ1v) is 7.00. The van der Waals surface area contributed by atoms with Crippen molar-refractivity contribution in [3.05, 3.63) is 43.5 Å². The molecular formula is C14H14Cl2N2O2. The number of fused-ring (bicyclic) bond motifs is 1. The maximum atomic E-state index is 11.3. The zero-order chi connectivity index (χ0) is 15.0. The van der Waals surface area contributed by atoms with Crippen LogP contribution >= 0.6 is 23.2 Å². The minimum absolute atomic E-state index is 0.0735. The molecule has 2 rings (SSSR count). The lowest BCUT2D eigenvalue weighted by Crippen LogP contribution is -2.05. The van der Waals surface area contributed by atoms with Gasteiger partial charge in [-0.25, -0.2) is 4.98 Å². The van der Waals surface area contributed by atoms with E-state index in [2.05, 4.69) is 4.98 Å². The number of pyridine rings is 1. The molecule has 0 aliphatic carbocycles. The molecule has 0 saturated carbocycles. The van der Waals surface area contributed by atoms with E-state index < -0.39 is 4.92 Å². The molecule has 0 saturated heterocycles. The van der Waals surface area contributed by atoms with Crippen molar-refractivity contribution in [2.24, 2.45) is 5.92 Å². The average molecular weight is 313 g/mol. The smallest absolute Gasteiger partial charge is 0.258 e. The molecule has 0 unspecified atom stereocenters. The van der Waals surface area contributed by atoms with E-state index in [-0.39, 0.29) is 16.6 Å². The molecule has 0 bridgehead atoms. The highest BCUT2D eigenvalue weighted by atomic mass is 35.5. The molecule has 20 heavy (non-hydrogen) atoms. The standard InChI is InChI=1S/C14H14Cl2N2O2/c1-7(2)6-10-14(18(19)20)12(16)11-9(15)5-4-8(3)13(11)17-10/h4-5,7H,6H2,1-3H3. The molecule has 1 aromatic carbocycles.